The Labute approximate surface area is 102 Å². The van der Waals surface area contributed by atoms with Crippen molar-refractivity contribution in [2.75, 3.05) is 12.5 Å². The van der Waals surface area contributed by atoms with Gasteiger partial charge in [-0.2, -0.15) is 0 Å². The molecule has 0 rings (SSSR count). The van der Waals surface area contributed by atoms with Crippen LogP contribution in [0.15, 0.2) is 0 Å². The molecule has 1 nitrogen and oxygen atoms in total. The Morgan fingerprint density at radius 2 is 1.60 bits per heavy atom. The van der Waals surface area contributed by atoms with E-state index in [2.05, 4.69) is 13.2 Å². The molecule has 0 fully saturated rings. The van der Waals surface area contributed by atoms with Gasteiger partial charge in [0.05, 0.1) is 4.58 Å². The van der Waals surface area contributed by atoms with E-state index in [9.17, 15) is 4.21 Å². The molecule has 0 aromatic carbocycles. The van der Waals surface area contributed by atoms with Crippen LogP contribution in [0.3, 0.4) is 0 Å². The third-order valence-corrected chi connectivity index (χ3v) is 5.80. The van der Waals surface area contributed by atoms with Crippen molar-refractivity contribution in [1.82, 2.24) is 0 Å². The molecule has 0 saturated heterocycles. The third-order valence-electron chi connectivity index (χ3n) is 2.68. The molecule has 3 heteroatoms. The van der Waals surface area contributed by atoms with Gasteiger partial charge in [-0.15, -0.1) is 11.8 Å². The summed E-state index contributed by atoms with van der Waals surface area (Å²) < 4.78 is 11.6. The quantitative estimate of drug-likeness (QED) is 0.541. The first kappa shape index (κ1) is 15.5. The Morgan fingerprint density at radius 1 is 1.07 bits per heavy atom. The minimum Gasteiger partial charge on any atom is -0.259 e. The van der Waals surface area contributed by atoms with Crippen molar-refractivity contribution in [3.8, 4) is 0 Å². The van der Waals surface area contributed by atoms with Crippen LogP contribution >= 0.6 is 11.8 Å². The van der Waals surface area contributed by atoms with Gasteiger partial charge < -0.3 is 0 Å². The molecule has 0 radical (unpaired) electrons. The molecule has 0 bridgehead atoms. The summed E-state index contributed by atoms with van der Waals surface area (Å²) in [5.74, 6) is 0. The van der Waals surface area contributed by atoms with Gasteiger partial charge in [-0.1, -0.05) is 51.9 Å². The summed E-state index contributed by atoms with van der Waals surface area (Å²) in [4.78, 5) is 0. The molecule has 0 aromatic heterocycles. The van der Waals surface area contributed by atoms with Crippen LogP contribution in [0.5, 0.6) is 0 Å². The molecule has 0 aliphatic rings. The minimum absolute atomic E-state index is 0.362. The monoisotopic (exact) mass is 250 g/mol. The molecular weight excluding hydrogens is 224 g/mol. The van der Waals surface area contributed by atoms with E-state index in [0.717, 1.165) is 6.42 Å². The van der Waals surface area contributed by atoms with Crippen molar-refractivity contribution in [2.24, 2.45) is 0 Å². The maximum atomic E-state index is 11.3. The molecule has 2 unspecified atom stereocenters. The minimum atomic E-state index is -0.651. The number of hydrogen-bond donors (Lipinski definition) is 0. The van der Waals surface area contributed by atoms with Crippen molar-refractivity contribution in [3.63, 3.8) is 0 Å². The third kappa shape index (κ3) is 9.43. The fourth-order valence-electron chi connectivity index (χ4n) is 1.69. The topological polar surface area (TPSA) is 17.1 Å². The number of rotatable bonds is 10. The van der Waals surface area contributed by atoms with E-state index >= 15 is 0 Å². The summed E-state index contributed by atoms with van der Waals surface area (Å²) in [6, 6.07) is 0. The summed E-state index contributed by atoms with van der Waals surface area (Å²) in [5.41, 5.74) is 0. The van der Waals surface area contributed by atoms with E-state index in [1.165, 1.54) is 44.9 Å². The highest BCUT2D eigenvalue weighted by molar-refractivity contribution is 8.10. The van der Waals surface area contributed by atoms with Gasteiger partial charge in [0.2, 0.25) is 0 Å². The fourth-order valence-corrected chi connectivity index (χ4v) is 3.67. The summed E-state index contributed by atoms with van der Waals surface area (Å²) in [6.07, 6.45) is 14.4. The highest BCUT2D eigenvalue weighted by atomic mass is 32.2. The summed E-state index contributed by atoms with van der Waals surface area (Å²) in [5, 5.41) is 0. The number of unbranched alkanes of at least 4 members (excludes halogenated alkanes) is 6. The van der Waals surface area contributed by atoms with Crippen molar-refractivity contribution in [3.05, 3.63) is 0 Å². The standard InChI is InChI=1S/C12H26OS2/c1-4-5-6-7-8-9-10-11-12(14-2)15(3)13/h12H,4-11H2,1-3H3. The summed E-state index contributed by atoms with van der Waals surface area (Å²) in [6.45, 7) is 2.25. The zero-order valence-corrected chi connectivity index (χ0v) is 12.1. The molecule has 0 saturated carbocycles. The van der Waals surface area contributed by atoms with E-state index in [0.29, 0.717) is 4.58 Å². The highest BCUT2D eigenvalue weighted by Crippen LogP contribution is 2.18. The van der Waals surface area contributed by atoms with Crippen LogP contribution < -0.4 is 0 Å². The van der Waals surface area contributed by atoms with Gasteiger partial charge in [-0.05, 0) is 12.7 Å². The SMILES string of the molecule is CCCCCCCCCC(SC)S(C)=O. The molecule has 2 atom stereocenters. The lowest BCUT2D eigenvalue weighted by atomic mass is 10.1. The van der Waals surface area contributed by atoms with Crippen LogP contribution in [0, 0.1) is 0 Å². The van der Waals surface area contributed by atoms with Crippen LogP contribution in [0.25, 0.3) is 0 Å². The normalized spacial score (nSPS) is 15.1. The highest BCUT2D eigenvalue weighted by Gasteiger charge is 2.09. The second kappa shape index (κ2) is 11.0. The fraction of sp³-hybridized carbons (Fsp3) is 1.00. The molecule has 92 valence electrons. The average molecular weight is 250 g/mol. The van der Waals surface area contributed by atoms with E-state index in [-0.39, 0.29) is 0 Å². The lowest BCUT2D eigenvalue weighted by molar-refractivity contribution is 0.582. The Kier molecular flexibility index (Phi) is 11.4. The van der Waals surface area contributed by atoms with Crippen LogP contribution in [0.4, 0.5) is 0 Å². The lowest BCUT2D eigenvalue weighted by Gasteiger charge is -2.10. The van der Waals surface area contributed by atoms with E-state index in [1.807, 2.05) is 6.26 Å². The maximum absolute atomic E-state index is 11.3. The first-order chi connectivity index (χ1) is 7.22. The lowest BCUT2D eigenvalue weighted by Crippen LogP contribution is -2.08. The van der Waals surface area contributed by atoms with Gasteiger partial charge in [0.15, 0.2) is 0 Å². The van der Waals surface area contributed by atoms with Crippen LogP contribution in [0.1, 0.15) is 58.3 Å². The van der Waals surface area contributed by atoms with Crippen molar-refractivity contribution < 1.29 is 4.21 Å². The maximum Gasteiger partial charge on any atom is 0.0795 e. The Bertz CT molecular complexity index is 160. The van der Waals surface area contributed by atoms with E-state index in [1.54, 1.807) is 11.8 Å². The van der Waals surface area contributed by atoms with Crippen LogP contribution in [-0.2, 0) is 10.8 Å². The number of thioether (sulfide) groups is 1. The molecule has 0 aromatic rings. The Balaban J connectivity index is 3.25. The van der Waals surface area contributed by atoms with E-state index < -0.39 is 10.8 Å². The predicted octanol–water partition coefficient (Wildman–Crippen LogP) is 4.19. The molecule has 0 aliphatic heterocycles. The molecule has 0 spiro atoms. The molecule has 0 amide bonds. The van der Waals surface area contributed by atoms with Gasteiger partial charge in [-0.3, -0.25) is 4.21 Å². The summed E-state index contributed by atoms with van der Waals surface area (Å²) >= 11 is 1.75. The van der Waals surface area contributed by atoms with Crippen molar-refractivity contribution in [1.29, 1.82) is 0 Å². The predicted molar refractivity (Wildman–Crippen MR) is 74.0 cm³/mol. The van der Waals surface area contributed by atoms with Gasteiger partial charge >= 0.3 is 0 Å². The van der Waals surface area contributed by atoms with Crippen LogP contribution in [0.2, 0.25) is 0 Å². The average Bonchev–Trinajstić information content (AvgIpc) is 2.21. The van der Waals surface area contributed by atoms with Gasteiger partial charge in [0.25, 0.3) is 0 Å². The molecule has 15 heavy (non-hydrogen) atoms. The Morgan fingerprint density at radius 3 is 2.07 bits per heavy atom. The van der Waals surface area contributed by atoms with Crippen molar-refractivity contribution in [2.45, 2.75) is 62.9 Å². The van der Waals surface area contributed by atoms with Gasteiger partial charge in [0, 0.05) is 17.1 Å². The molecule has 0 N–H and O–H groups in total. The van der Waals surface area contributed by atoms with E-state index in [4.69, 9.17) is 0 Å². The molecule has 0 aliphatic carbocycles. The number of hydrogen-bond acceptors (Lipinski definition) is 2. The smallest absolute Gasteiger partial charge is 0.0795 e. The summed E-state index contributed by atoms with van der Waals surface area (Å²) in [7, 11) is -0.651. The molecular formula is C12H26OS2. The van der Waals surface area contributed by atoms with Crippen LogP contribution in [-0.4, -0.2) is 21.3 Å². The molecule has 0 heterocycles. The van der Waals surface area contributed by atoms with Gasteiger partial charge in [0.1, 0.15) is 0 Å². The second-order valence-electron chi connectivity index (χ2n) is 4.07. The first-order valence-corrected chi connectivity index (χ1v) is 8.98. The Hall–Kier alpha value is 0.500. The van der Waals surface area contributed by atoms with Gasteiger partial charge in [-0.25, -0.2) is 0 Å². The second-order valence-corrected chi connectivity index (χ2v) is 6.98. The zero-order chi connectivity index (χ0) is 11.5. The van der Waals surface area contributed by atoms with Crippen molar-refractivity contribution >= 4 is 22.6 Å². The first-order valence-electron chi connectivity index (χ1n) is 6.07. The largest absolute Gasteiger partial charge is 0.259 e. The zero-order valence-electron chi connectivity index (χ0n) is 10.5.